The van der Waals surface area contributed by atoms with E-state index in [1.807, 2.05) is 37.3 Å². The normalized spacial score (nSPS) is 17.2. The summed E-state index contributed by atoms with van der Waals surface area (Å²) in [4.78, 5) is 34.1. The molecule has 8 nitrogen and oxygen atoms in total. The molecule has 206 valence electrons. The van der Waals surface area contributed by atoms with Crippen molar-refractivity contribution < 1.29 is 18.5 Å². The lowest BCUT2D eigenvalue weighted by Crippen LogP contribution is -2.50. The molecule has 0 radical (unpaired) electrons. The van der Waals surface area contributed by atoms with E-state index in [0.717, 1.165) is 17.4 Å². The van der Waals surface area contributed by atoms with Crippen LogP contribution in [0.3, 0.4) is 0 Å². The van der Waals surface area contributed by atoms with Gasteiger partial charge in [0.15, 0.2) is 11.0 Å². The highest BCUT2D eigenvalue weighted by Crippen LogP contribution is 2.26. The van der Waals surface area contributed by atoms with Crippen LogP contribution in [0.1, 0.15) is 54.4 Å². The number of carbonyl (C=O) groups excluding carboxylic acids is 2. The van der Waals surface area contributed by atoms with Crippen molar-refractivity contribution in [1.82, 2.24) is 14.8 Å². The van der Waals surface area contributed by atoms with E-state index < -0.39 is 11.0 Å². The van der Waals surface area contributed by atoms with Crippen LogP contribution in [0.5, 0.6) is 0 Å². The van der Waals surface area contributed by atoms with Crippen molar-refractivity contribution in [2.24, 2.45) is 5.92 Å². The summed E-state index contributed by atoms with van der Waals surface area (Å²) in [5.74, 6) is 0.607. The minimum absolute atomic E-state index is 0.0747. The number of rotatable bonds is 7. The number of hydrogen-bond acceptors (Lipinski definition) is 5. The van der Waals surface area contributed by atoms with E-state index in [4.69, 9.17) is 4.74 Å². The van der Waals surface area contributed by atoms with Crippen molar-refractivity contribution in [2.45, 2.75) is 50.3 Å². The average molecular weight is 549 g/mol. The fraction of sp³-hybridized carbons (Fsp3) is 0.433. The second-order valence-corrected chi connectivity index (χ2v) is 11.6. The maximum absolute atomic E-state index is 13.2. The number of nitrogens with zero attached hydrogens (tertiary/aromatic N) is 3. The smallest absolute Gasteiger partial charge is 0.409 e. The summed E-state index contributed by atoms with van der Waals surface area (Å²) in [5.41, 5.74) is 2.78. The minimum Gasteiger partial charge on any atom is -0.449 e. The Balaban J connectivity index is 1.13. The quantitative estimate of drug-likeness (QED) is 0.418. The van der Waals surface area contributed by atoms with Gasteiger partial charge in [-0.1, -0.05) is 50.3 Å². The number of anilines is 1. The molecule has 2 amide bonds. The van der Waals surface area contributed by atoms with E-state index >= 15 is 0 Å². The van der Waals surface area contributed by atoms with Crippen LogP contribution >= 0.6 is 0 Å². The van der Waals surface area contributed by atoms with Gasteiger partial charge in [0.25, 0.3) is 5.91 Å². The third-order valence-corrected chi connectivity index (χ3v) is 8.91. The van der Waals surface area contributed by atoms with Crippen LogP contribution in [0, 0.1) is 12.8 Å². The number of amides is 2. The monoisotopic (exact) mass is 548 g/mol. The predicted octanol–water partition coefficient (Wildman–Crippen LogP) is 5.54. The summed E-state index contributed by atoms with van der Waals surface area (Å²) in [6.07, 6.45) is 8.74. The lowest BCUT2D eigenvalue weighted by atomic mass is 9.87. The van der Waals surface area contributed by atoms with Crippen LogP contribution in [0.2, 0.25) is 0 Å². The van der Waals surface area contributed by atoms with E-state index in [0.29, 0.717) is 60.4 Å². The molecule has 1 atom stereocenters. The van der Waals surface area contributed by atoms with Crippen LogP contribution in [-0.4, -0.2) is 63.8 Å². The van der Waals surface area contributed by atoms with Gasteiger partial charge in [-0.2, -0.15) is 0 Å². The first-order valence-electron chi connectivity index (χ1n) is 13.8. The Morgan fingerprint density at radius 2 is 1.74 bits per heavy atom. The maximum Gasteiger partial charge on any atom is 0.409 e. The Bertz CT molecular complexity index is 1340. The Labute approximate surface area is 232 Å². The van der Waals surface area contributed by atoms with Gasteiger partial charge in [0.05, 0.1) is 17.0 Å². The highest BCUT2D eigenvalue weighted by atomic mass is 32.2. The van der Waals surface area contributed by atoms with Gasteiger partial charge in [-0.3, -0.25) is 9.78 Å². The zero-order valence-electron chi connectivity index (χ0n) is 22.4. The van der Waals surface area contributed by atoms with Crippen molar-refractivity contribution in [3.05, 3.63) is 65.9 Å². The summed E-state index contributed by atoms with van der Waals surface area (Å²) >= 11 is 0. The van der Waals surface area contributed by atoms with E-state index in [9.17, 15) is 13.8 Å². The van der Waals surface area contributed by atoms with Crippen molar-refractivity contribution in [1.29, 1.82) is 0 Å². The molecule has 1 N–H and O–H groups in total. The molecule has 2 aliphatic rings. The summed E-state index contributed by atoms with van der Waals surface area (Å²) < 4.78 is 21.7. The zero-order chi connectivity index (χ0) is 27.2. The van der Waals surface area contributed by atoms with Crippen LogP contribution in [-0.2, 0) is 15.7 Å². The van der Waals surface area contributed by atoms with Gasteiger partial charge in [-0.15, -0.1) is 0 Å². The number of carbonyl (C=O) groups is 2. The van der Waals surface area contributed by atoms with Gasteiger partial charge >= 0.3 is 6.09 Å². The third kappa shape index (κ3) is 6.58. The van der Waals surface area contributed by atoms with Crippen molar-refractivity contribution in [3.8, 4) is 0 Å². The molecule has 9 heteroatoms. The molecule has 1 aromatic heterocycles. The SMILES string of the molecule is Cc1cc(C(=O)N2CCN(C(=O)OCCC3CCCCC3)CC2)ccc1NS(=O)c1cccc2cccnc12. The molecule has 1 saturated heterocycles. The third-order valence-electron chi connectivity index (χ3n) is 7.77. The molecule has 2 aromatic carbocycles. The number of piperazine rings is 1. The average Bonchev–Trinajstić information content (AvgIpc) is 2.98. The fourth-order valence-corrected chi connectivity index (χ4v) is 6.53. The fourth-order valence-electron chi connectivity index (χ4n) is 5.45. The lowest BCUT2D eigenvalue weighted by Gasteiger charge is -2.34. The largest absolute Gasteiger partial charge is 0.449 e. The minimum atomic E-state index is -1.51. The second kappa shape index (κ2) is 12.6. The topological polar surface area (TPSA) is 91.8 Å². The first kappa shape index (κ1) is 27.1. The summed E-state index contributed by atoms with van der Waals surface area (Å²) in [6.45, 7) is 4.22. The van der Waals surface area contributed by atoms with Crippen LogP contribution in [0.15, 0.2) is 59.6 Å². The summed E-state index contributed by atoms with van der Waals surface area (Å²) in [5, 5.41) is 0.927. The lowest BCUT2D eigenvalue weighted by molar-refractivity contribution is 0.0543. The molecule has 2 heterocycles. The van der Waals surface area contributed by atoms with E-state index in [1.165, 1.54) is 32.1 Å². The van der Waals surface area contributed by atoms with Gasteiger partial charge in [0.2, 0.25) is 0 Å². The molecule has 5 rings (SSSR count). The molecule has 1 unspecified atom stereocenters. The van der Waals surface area contributed by atoms with E-state index in [-0.39, 0.29) is 12.0 Å². The van der Waals surface area contributed by atoms with Gasteiger partial charge in [0.1, 0.15) is 0 Å². The van der Waals surface area contributed by atoms with Crippen LogP contribution in [0.25, 0.3) is 10.9 Å². The zero-order valence-corrected chi connectivity index (χ0v) is 23.3. The standard InChI is InChI=1S/C30H36N4O4S/c1-22-21-25(12-13-26(22)32-39(37)27-11-5-9-24-10-6-15-31-28(24)27)29(35)33-16-18-34(19-17-33)30(36)38-20-14-23-7-3-2-4-8-23/h5-6,9-13,15,21,23,32H,2-4,7-8,14,16-20H2,1H3. The molecule has 1 aliphatic heterocycles. The molecule has 0 bridgehead atoms. The molecule has 0 spiro atoms. The number of nitrogens with one attached hydrogen (secondary N) is 1. The molecular weight excluding hydrogens is 512 g/mol. The molecule has 2 fully saturated rings. The first-order chi connectivity index (χ1) is 19.0. The number of fused-ring (bicyclic) bond motifs is 1. The molecule has 39 heavy (non-hydrogen) atoms. The summed E-state index contributed by atoms with van der Waals surface area (Å²) in [6, 6.07) is 14.8. The van der Waals surface area contributed by atoms with Gasteiger partial charge in [0, 0.05) is 49.0 Å². The predicted molar refractivity (Wildman–Crippen MR) is 153 cm³/mol. The van der Waals surface area contributed by atoms with Crippen LogP contribution < -0.4 is 4.72 Å². The Morgan fingerprint density at radius 1 is 1.00 bits per heavy atom. The maximum atomic E-state index is 13.2. The second-order valence-electron chi connectivity index (χ2n) is 10.4. The molecule has 1 aliphatic carbocycles. The van der Waals surface area contributed by atoms with Crippen LogP contribution in [0.4, 0.5) is 10.5 Å². The molecule has 3 aromatic rings. The highest BCUT2D eigenvalue weighted by Gasteiger charge is 2.26. The summed E-state index contributed by atoms with van der Waals surface area (Å²) in [7, 11) is -1.51. The Kier molecular flexibility index (Phi) is 8.76. The van der Waals surface area contributed by atoms with Gasteiger partial charge in [-0.25, -0.2) is 9.00 Å². The van der Waals surface area contributed by atoms with E-state index in [2.05, 4.69) is 9.71 Å². The number of benzene rings is 2. The van der Waals surface area contributed by atoms with Crippen molar-refractivity contribution in [2.75, 3.05) is 37.5 Å². The van der Waals surface area contributed by atoms with Crippen molar-refractivity contribution >= 4 is 39.6 Å². The van der Waals surface area contributed by atoms with Gasteiger partial charge in [-0.05, 0) is 55.2 Å². The number of aryl methyl sites for hydroxylation is 1. The van der Waals surface area contributed by atoms with Gasteiger partial charge < -0.3 is 19.3 Å². The number of aromatic nitrogens is 1. The number of ether oxygens (including phenoxy) is 1. The number of para-hydroxylation sites is 1. The molecule has 1 saturated carbocycles. The highest BCUT2D eigenvalue weighted by molar-refractivity contribution is 7.86. The number of hydrogen-bond donors (Lipinski definition) is 1. The Hall–Kier alpha value is -3.46. The van der Waals surface area contributed by atoms with E-state index in [1.54, 1.807) is 34.2 Å². The number of pyridine rings is 1. The Morgan fingerprint density at radius 3 is 2.51 bits per heavy atom. The van der Waals surface area contributed by atoms with Crippen molar-refractivity contribution in [3.63, 3.8) is 0 Å². The first-order valence-corrected chi connectivity index (χ1v) is 15.0. The molecular formula is C30H36N4O4S.